The van der Waals surface area contributed by atoms with E-state index in [-0.39, 0.29) is 5.54 Å². The average molecular weight is 306 g/mol. The van der Waals surface area contributed by atoms with Crippen LogP contribution in [0, 0.1) is 11.8 Å². The first-order valence-electron chi connectivity index (χ1n) is 8.73. The summed E-state index contributed by atoms with van der Waals surface area (Å²) in [5.41, 5.74) is 4.33. The van der Waals surface area contributed by atoms with Crippen molar-refractivity contribution in [1.29, 1.82) is 0 Å². The monoisotopic (exact) mass is 306 g/mol. The van der Waals surface area contributed by atoms with Gasteiger partial charge in [-0.05, 0) is 70.2 Å². The lowest BCUT2D eigenvalue weighted by molar-refractivity contribution is -0.0318. The zero-order valence-corrected chi connectivity index (χ0v) is 14.6. The van der Waals surface area contributed by atoms with Gasteiger partial charge in [0.25, 0.3) is 0 Å². The first kappa shape index (κ1) is 14.9. The van der Waals surface area contributed by atoms with Crippen molar-refractivity contribution in [2.24, 2.45) is 11.8 Å². The zero-order chi connectivity index (χ0) is 16.2. The van der Waals surface area contributed by atoms with Crippen molar-refractivity contribution in [1.82, 2.24) is 9.88 Å². The molecule has 3 atom stereocenters. The van der Waals surface area contributed by atoms with Crippen LogP contribution in [0.3, 0.4) is 0 Å². The van der Waals surface area contributed by atoms with Gasteiger partial charge in [0.15, 0.2) is 0 Å². The largest absolute Gasteiger partial charge is 0.293 e. The number of nitrogens with zero attached hydrogens (tertiary/aromatic N) is 2. The van der Waals surface area contributed by atoms with Gasteiger partial charge in [0.05, 0.1) is 5.52 Å². The van der Waals surface area contributed by atoms with Crippen LogP contribution < -0.4 is 0 Å². The maximum absolute atomic E-state index is 4.56. The molecule has 2 heterocycles. The average Bonchev–Trinajstić information content (AvgIpc) is 2.55. The summed E-state index contributed by atoms with van der Waals surface area (Å²) >= 11 is 0. The van der Waals surface area contributed by atoms with E-state index in [0.717, 1.165) is 11.4 Å². The Morgan fingerprint density at radius 3 is 2.78 bits per heavy atom. The van der Waals surface area contributed by atoms with Gasteiger partial charge in [-0.1, -0.05) is 29.8 Å². The highest BCUT2D eigenvalue weighted by molar-refractivity contribution is 5.82. The van der Waals surface area contributed by atoms with Crippen molar-refractivity contribution in [2.45, 2.75) is 45.2 Å². The van der Waals surface area contributed by atoms with Crippen LogP contribution in [-0.2, 0) is 0 Å². The fourth-order valence-corrected chi connectivity index (χ4v) is 4.74. The summed E-state index contributed by atoms with van der Waals surface area (Å²) in [4.78, 5) is 7.19. The number of para-hydroxylation sites is 1. The Bertz CT molecular complexity index is 769. The summed E-state index contributed by atoms with van der Waals surface area (Å²) in [5.74, 6) is 1.38. The number of aromatic nitrogens is 1. The molecule has 23 heavy (non-hydrogen) atoms. The minimum Gasteiger partial charge on any atom is -0.293 e. The summed E-state index contributed by atoms with van der Waals surface area (Å²) in [7, 11) is 2.32. The van der Waals surface area contributed by atoms with Crippen LogP contribution >= 0.6 is 0 Å². The van der Waals surface area contributed by atoms with E-state index in [2.05, 4.69) is 74.1 Å². The third kappa shape index (κ3) is 2.15. The van der Waals surface area contributed by atoms with Gasteiger partial charge in [0.1, 0.15) is 0 Å². The van der Waals surface area contributed by atoms with E-state index in [4.69, 9.17) is 0 Å². The zero-order valence-electron chi connectivity index (χ0n) is 14.6. The van der Waals surface area contributed by atoms with Gasteiger partial charge >= 0.3 is 0 Å². The number of rotatable bonds is 1. The smallest absolute Gasteiger partial charge is 0.0705 e. The minimum absolute atomic E-state index is 0.225. The Balaban J connectivity index is 1.91. The van der Waals surface area contributed by atoms with Gasteiger partial charge in [-0.2, -0.15) is 0 Å². The lowest BCUT2D eigenvalue weighted by Crippen LogP contribution is -2.56. The predicted molar refractivity (Wildman–Crippen MR) is 96.3 cm³/mol. The number of pyridine rings is 1. The van der Waals surface area contributed by atoms with Crippen molar-refractivity contribution >= 4 is 10.9 Å². The maximum Gasteiger partial charge on any atom is 0.0705 e. The second kappa shape index (κ2) is 5.17. The molecule has 2 heteroatoms. The first-order valence-corrected chi connectivity index (χ1v) is 8.73. The Kier molecular flexibility index (Phi) is 3.35. The molecule has 1 aliphatic carbocycles. The normalized spacial score (nSPS) is 30.3. The van der Waals surface area contributed by atoms with Crippen molar-refractivity contribution in [3.8, 4) is 0 Å². The molecule has 1 saturated heterocycles. The molecule has 0 N–H and O–H groups in total. The highest BCUT2D eigenvalue weighted by atomic mass is 15.2. The molecule has 3 unspecified atom stereocenters. The molecule has 0 saturated carbocycles. The Hall–Kier alpha value is -1.67. The summed E-state index contributed by atoms with van der Waals surface area (Å²) in [5, 5.41) is 1.31. The molecule has 0 amide bonds. The third-order valence-corrected chi connectivity index (χ3v) is 6.56. The number of likely N-dealkylation sites (tertiary alicyclic amines) is 1. The van der Waals surface area contributed by atoms with E-state index < -0.39 is 0 Å². The van der Waals surface area contributed by atoms with Gasteiger partial charge in [0.2, 0.25) is 0 Å². The number of hydrogen-bond donors (Lipinski definition) is 0. The first-order chi connectivity index (χ1) is 11.0. The van der Waals surface area contributed by atoms with E-state index >= 15 is 0 Å². The number of hydrogen-bond acceptors (Lipinski definition) is 2. The molecule has 1 aromatic carbocycles. The number of benzene rings is 1. The summed E-state index contributed by atoms with van der Waals surface area (Å²) in [6.45, 7) is 7.15. The highest BCUT2D eigenvalue weighted by Gasteiger charge is 2.48. The van der Waals surface area contributed by atoms with Crippen LogP contribution in [0.1, 0.15) is 45.2 Å². The SMILES string of the molecule is CC1=CCC2CC1C(c1ccnc3ccccc13)N(C)C2(C)C. The lowest BCUT2D eigenvalue weighted by Gasteiger charge is -2.56. The van der Waals surface area contributed by atoms with Crippen LogP contribution in [0.2, 0.25) is 0 Å². The summed E-state index contributed by atoms with van der Waals surface area (Å²) in [6, 6.07) is 11.2. The van der Waals surface area contributed by atoms with E-state index in [9.17, 15) is 0 Å². The molecule has 120 valence electrons. The van der Waals surface area contributed by atoms with Gasteiger partial charge in [-0.15, -0.1) is 0 Å². The minimum atomic E-state index is 0.225. The van der Waals surface area contributed by atoms with Crippen LogP contribution in [0.25, 0.3) is 10.9 Å². The molecule has 2 bridgehead atoms. The van der Waals surface area contributed by atoms with Gasteiger partial charge in [-0.3, -0.25) is 9.88 Å². The number of fused-ring (bicyclic) bond motifs is 3. The second-order valence-electron chi connectivity index (χ2n) is 7.85. The molecular formula is C21H26N2. The highest BCUT2D eigenvalue weighted by Crippen LogP contribution is 2.52. The Morgan fingerprint density at radius 1 is 1.17 bits per heavy atom. The maximum atomic E-state index is 4.56. The van der Waals surface area contributed by atoms with Gasteiger partial charge in [0, 0.05) is 23.2 Å². The number of allylic oxidation sites excluding steroid dienone is 1. The Labute approximate surface area is 139 Å². The third-order valence-electron chi connectivity index (χ3n) is 6.56. The second-order valence-corrected chi connectivity index (χ2v) is 7.85. The van der Waals surface area contributed by atoms with Crippen molar-refractivity contribution < 1.29 is 0 Å². The van der Waals surface area contributed by atoms with Crippen molar-refractivity contribution in [3.05, 3.63) is 53.7 Å². The molecule has 2 aliphatic rings. The molecule has 2 nitrogen and oxygen atoms in total. The van der Waals surface area contributed by atoms with E-state index in [0.29, 0.717) is 12.0 Å². The topological polar surface area (TPSA) is 16.1 Å². The van der Waals surface area contributed by atoms with E-state index in [1.165, 1.54) is 23.8 Å². The fraction of sp³-hybridized carbons (Fsp3) is 0.476. The van der Waals surface area contributed by atoms with Crippen LogP contribution in [0.4, 0.5) is 0 Å². The Morgan fingerprint density at radius 2 is 1.96 bits per heavy atom. The standard InChI is InChI=1S/C21H26N2/c1-14-9-10-15-13-18(14)20(23(4)21(15,2)3)17-11-12-22-19-8-6-5-7-16(17)19/h5-9,11-12,15,18,20H,10,13H2,1-4H3. The van der Waals surface area contributed by atoms with Crippen LogP contribution in [-0.4, -0.2) is 22.5 Å². The van der Waals surface area contributed by atoms with Gasteiger partial charge < -0.3 is 0 Å². The molecule has 0 spiro atoms. The summed E-state index contributed by atoms with van der Waals surface area (Å²) < 4.78 is 0. The van der Waals surface area contributed by atoms with Crippen molar-refractivity contribution in [2.75, 3.05) is 7.05 Å². The van der Waals surface area contributed by atoms with E-state index in [1.54, 1.807) is 5.57 Å². The summed E-state index contributed by atoms with van der Waals surface area (Å²) in [6.07, 6.45) is 7.00. The molecule has 1 fully saturated rings. The molecule has 0 radical (unpaired) electrons. The van der Waals surface area contributed by atoms with Crippen molar-refractivity contribution in [3.63, 3.8) is 0 Å². The fourth-order valence-electron chi connectivity index (χ4n) is 4.74. The molecule has 1 aromatic heterocycles. The molecular weight excluding hydrogens is 280 g/mol. The molecule has 4 rings (SSSR count). The predicted octanol–water partition coefficient (Wildman–Crippen LogP) is 4.97. The number of piperidine rings is 1. The van der Waals surface area contributed by atoms with Crippen LogP contribution in [0.5, 0.6) is 0 Å². The van der Waals surface area contributed by atoms with Gasteiger partial charge in [-0.25, -0.2) is 0 Å². The molecule has 1 aliphatic heterocycles. The molecule has 2 aromatic rings. The van der Waals surface area contributed by atoms with E-state index in [1.807, 2.05) is 6.20 Å². The van der Waals surface area contributed by atoms with Crippen LogP contribution in [0.15, 0.2) is 48.2 Å². The quantitative estimate of drug-likeness (QED) is 0.691. The lowest BCUT2D eigenvalue weighted by atomic mass is 9.64.